The topological polar surface area (TPSA) is 29.5 Å². The van der Waals surface area contributed by atoms with Gasteiger partial charge in [-0.15, -0.1) is 0 Å². The Labute approximate surface area is 96.0 Å². The fourth-order valence-electron chi connectivity index (χ4n) is 2.11. The van der Waals surface area contributed by atoms with Gasteiger partial charge in [-0.2, -0.15) is 0 Å². The molecule has 2 atom stereocenters. The Morgan fingerprint density at radius 1 is 1.44 bits per heavy atom. The van der Waals surface area contributed by atoms with E-state index < -0.39 is 0 Å². The number of nitrogens with zero attached hydrogens (tertiary/aromatic N) is 1. The van der Waals surface area contributed by atoms with Crippen LogP contribution in [0, 0.1) is 0 Å². The van der Waals surface area contributed by atoms with Gasteiger partial charge in [0.15, 0.2) is 0 Å². The Balaban J connectivity index is 2.07. The summed E-state index contributed by atoms with van der Waals surface area (Å²) in [6.45, 7) is 2.26. The van der Waals surface area contributed by atoms with Crippen LogP contribution in [0.3, 0.4) is 0 Å². The standard InChI is InChI=1S/C13H17NO2/c1-10(15)8-12-9-16-13(14(12)2)11-6-4-3-5-7-11/h3-7,12-13H,8-9H2,1-2H3/t12-,13+/m1/s1. The molecule has 1 fully saturated rings. The second kappa shape index (κ2) is 4.76. The maximum absolute atomic E-state index is 11.1. The summed E-state index contributed by atoms with van der Waals surface area (Å²) in [7, 11) is 2.01. The van der Waals surface area contributed by atoms with Crippen molar-refractivity contribution in [2.24, 2.45) is 0 Å². The lowest BCUT2D eigenvalue weighted by molar-refractivity contribution is -0.117. The molecular formula is C13H17NO2. The number of carbonyl (C=O) groups is 1. The van der Waals surface area contributed by atoms with Gasteiger partial charge in [-0.05, 0) is 19.5 Å². The summed E-state index contributed by atoms with van der Waals surface area (Å²) in [5.74, 6) is 0.217. The van der Waals surface area contributed by atoms with E-state index in [4.69, 9.17) is 4.74 Å². The molecular weight excluding hydrogens is 202 g/mol. The van der Waals surface area contributed by atoms with E-state index in [1.807, 2.05) is 25.2 Å². The molecule has 3 nitrogen and oxygen atoms in total. The molecule has 0 aliphatic carbocycles. The first-order valence-corrected chi connectivity index (χ1v) is 5.56. The molecule has 3 heteroatoms. The van der Waals surface area contributed by atoms with Crippen LogP contribution in [0.25, 0.3) is 0 Å². The lowest BCUT2D eigenvalue weighted by Crippen LogP contribution is -2.30. The monoisotopic (exact) mass is 219 g/mol. The number of hydrogen-bond donors (Lipinski definition) is 0. The number of hydrogen-bond acceptors (Lipinski definition) is 3. The second-order valence-corrected chi connectivity index (χ2v) is 4.32. The average molecular weight is 219 g/mol. The molecule has 0 unspecified atom stereocenters. The average Bonchev–Trinajstić information content (AvgIpc) is 2.61. The van der Waals surface area contributed by atoms with E-state index in [0.717, 1.165) is 5.56 Å². The molecule has 0 radical (unpaired) electrons. The molecule has 1 aliphatic heterocycles. The largest absolute Gasteiger partial charge is 0.357 e. The molecule has 1 aliphatic rings. The number of likely N-dealkylation sites (N-methyl/N-ethyl adjacent to an activating group) is 1. The highest BCUT2D eigenvalue weighted by molar-refractivity contribution is 5.76. The van der Waals surface area contributed by atoms with Crippen LogP contribution in [0.15, 0.2) is 30.3 Å². The van der Waals surface area contributed by atoms with Crippen molar-refractivity contribution in [2.75, 3.05) is 13.7 Å². The number of benzene rings is 1. The Morgan fingerprint density at radius 2 is 2.12 bits per heavy atom. The number of carbonyl (C=O) groups excluding carboxylic acids is 1. The first-order valence-electron chi connectivity index (χ1n) is 5.56. The zero-order chi connectivity index (χ0) is 11.5. The van der Waals surface area contributed by atoms with Crippen LogP contribution >= 0.6 is 0 Å². The van der Waals surface area contributed by atoms with Gasteiger partial charge in [-0.3, -0.25) is 9.69 Å². The molecule has 16 heavy (non-hydrogen) atoms. The van der Waals surface area contributed by atoms with Crippen LogP contribution < -0.4 is 0 Å². The van der Waals surface area contributed by atoms with Crippen LogP contribution in [0.5, 0.6) is 0 Å². The SMILES string of the molecule is CC(=O)C[C@@H]1CO[C@@H](c2ccccc2)N1C. The minimum Gasteiger partial charge on any atom is -0.357 e. The van der Waals surface area contributed by atoms with E-state index in [1.165, 1.54) is 0 Å². The molecule has 0 spiro atoms. The number of ketones is 1. The summed E-state index contributed by atoms with van der Waals surface area (Å²) in [6, 6.07) is 10.3. The maximum atomic E-state index is 11.1. The van der Waals surface area contributed by atoms with E-state index in [0.29, 0.717) is 13.0 Å². The molecule has 1 heterocycles. The quantitative estimate of drug-likeness (QED) is 0.778. The molecule has 1 aromatic rings. The molecule has 0 N–H and O–H groups in total. The van der Waals surface area contributed by atoms with Crippen LogP contribution in [0.1, 0.15) is 25.1 Å². The smallest absolute Gasteiger partial charge is 0.136 e. The zero-order valence-corrected chi connectivity index (χ0v) is 9.72. The first kappa shape index (κ1) is 11.3. The van der Waals surface area contributed by atoms with Gasteiger partial charge in [-0.25, -0.2) is 0 Å². The minimum atomic E-state index is -0.00875. The van der Waals surface area contributed by atoms with Crippen molar-refractivity contribution in [3.8, 4) is 0 Å². The fraction of sp³-hybridized carbons (Fsp3) is 0.462. The number of rotatable bonds is 3. The van der Waals surface area contributed by atoms with Gasteiger partial charge >= 0.3 is 0 Å². The van der Waals surface area contributed by atoms with Crippen molar-refractivity contribution >= 4 is 5.78 Å². The highest BCUT2D eigenvalue weighted by Crippen LogP contribution is 2.29. The predicted octanol–water partition coefficient (Wildman–Crippen LogP) is 1.99. The van der Waals surface area contributed by atoms with Crippen molar-refractivity contribution in [3.63, 3.8) is 0 Å². The molecule has 1 aromatic carbocycles. The van der Waals surface area contributed by atoms with Crippen molar-refractivity contribution in [1.82, 2.24) is 4.90 Å². The molecule has 0 saturated carbocycles. The molecule has 2 rings (SSSR count). The summed E-state index contributed by atoms with van der Waals surface area (Å²) in [6.07, 6.45) is 0.561. The Morgan fingerprint density at radius 3 is 2.75 bits per heavy atom. The predicted molar refractivity (Wildman–Crippen MR) is 62.0 cm³/mol. The van der Waals surface area contributed by atoms with Gasteiger partial charge < -0.3 is 4.74 Å². The zero-order valence-electron chi connectivity index (χ0n) is 9.72. The number of Topliss-reactive ketones (excluding diaryl/α,β-unsaturated/α-hetero) is 1. The van der Waals surface area contributed by atoms with Gasteiger partial charge in [0.2, 0.25) is 0 Å². The van der Waals surface area contributed by atoms with Gasteiger partial charge in [0.05, 0.1) is 6.61 Å². The first-order chi connectivity index (χ1) is 7.68. The van der Waals surface area contributed by atoms with E-state index in [9.17, 15) is 4.79 Å². The summed E-state index contributed by atoms with van der Waals surface area (Å²) < 4.78 is 5.74. The van der Waals surface area contributed by atoms with Gasteiger partial charge in [0.1, 0.15) is 12.0 Å². The summed E-state index contributed by atoms with van der Waals surface area (Å²) in [5.41, 5.74) is 1.15. The summed E-state index contributed by atoms with van der Waals surface area (Å²) in [4.78, 5) is 13.2. The third-order valence-electron chi connectivity index (χ3n) is 3.00. The molecule has 0 amide bonds. The Kier molecular flexibility index (Phi) is 3.36. The molecule has 1 saturated heterocycles. The van der Waals surface area contributed by atoms with Crippen LogP contribution in [-0.4, -0.2) is 30.4 Å². The van der Waals surface area contributed by atoms with E-state index in [2.05, 4.69) is 17.0 Å². The molecule has 86 valence electrons. The summed E-state index contributed by atoms with van der Waals surface area (Å²) in [5, 5.41) is 0. The normalized spacial score (nSPS) is 25.9. The maximum Gasteiger partial charge on any atom is 0.136 e. The van der Waals surface area contributed by atoms with Crippen LogP contribution in [0.4, 0.5) is 0 Å². The van der Waals surface area contributed by atoms with Crippen molar-refractivity contribution in [1.29, 1.82) is 0 Å². The lowest BCUT2D eigenvalue weighted by Gasteiger charge is -2.22. The summed E-state index contributed by atoms with van der Waals surface area (Å²) >= 11 is 0. The van der Waals surface area contributed by atoms with Crippen LogP contribution in [-0.2, 0) is 9.53 Å². The molecule has 0 bridgehead atoms. The highest BCUT2D eigenvalue weighted by Gasteiger charge is 2.32. The van der Waals surface area contributed by atoms with Crippen molar-refractivity contribution in [3.05, 3.63) is 35.9 Å². The third-order valence-corrected chi connectivity index (χ3v) is 3.00. The Hall–Kier alpha value is -1.19. The van der Waals surface area contributed by atoms with Gasteiger partial charge in [0.25, 0.3) is 0 Å². The van der Waals surface area contributed by atoms with Gasteiger partial charge in [0, 0.05) is 12.5 Å². The minimum absolute atomic E-state index is 0.00875. The second-order valence-electron chi connectivity index (χ2n) is 4.32. The van der Waals surface area contributed by atoms with Gasteiger partial charge in [-0.1, -0.05) is 30.3 Å². The fourth-order valence-corrected chi connectivity index (χ4v) is 2.11. The Bertz CT molecular complexity index is 363. The molecule has 0 aromatic heterocycles. The van der Waals surface area contributed by atoms with E-state index in [1.54, 1.807) is 6.92 Å². The van der Waals surface area contributed by atoms with E-state index >= 15 is 0 Å². The lowest BCUT2D eigenvalue weighted by atomic mass is 10.1. The van der Waals surface area contributed by atoms with Crippen molar-refractivity contribution < 1.29 is 9.53 Å². The van der Waals surface area contributed by atoms with Crippen molar-refractivity contribution in [2.45, 2.75) is 25.6 Å². The highest BCUT2D eigenvalue weighted by atomic mass is 16.5. The number of ether oxygens (including phenoxy) is 1. The van der Waals surface area contributed by atoms with Crippen LogP contribution in [0.2, 0.25) is 0 Å². The van der Waals surface area contributed by atoms with E-state index in [-0.39, 0.29) is 18.1 Å². The third kappa shape index (κ3) is 2.31.